The standard InChI is InChI=1S/C20H18F3N5O/c21-20(22,23)16-6-2-1-5-15(16)19(29)28-11-9-27(10-12-28)18-13-17(24-14-25-18)26-7-3-4-8-26/h1-8,13-14H,9-12H2. The number of aromatic nitrogens is 3. The third-order valence-corrected chi connectivity index (χ3v) is 4.86. The molecule has 6 nitrogen and oxygen atoms in total. The van der Waals surface area contributed by atoms with Crippen LogP contribution >= 0.6 is 0 Å². The summed E-state index contributed by atoms with van der Waals surface area (Å²) in [4.78, 5) is 24.7. The smallest absolute Gasteiger partial charge is 0.353 e. The fraction of sp³-hybridized carbons (Fsp3) is 0.250. The van der Waals surface area contributed by atoms with E-state index >= 15 is 0 Å². The summed E-state index contributed by atoms with van der Waals surface area (Å²) in [6.07, 6.45) is 0.660. The molecule has 3 aromatic rings. The highest BCUT2D eigenvalue weighted by Gasteiger charge is 2.36. The van der Waals surface area contributed by atoms with Gasteiger partial charge in [-0.05, 0) is 24.3 Å². The first-order valence-corrected chi connectivity index (χ1v) is 9.09. The molecule has 1 aliphatic heterocycles. The monoisotopic (exact) mass is 401 g/mol. The fourth-order valence-corrected chi connectivity index (χ4v) is 3.36. The Morgan fingerprint density at radius 2 is 1.55 bits per heavy atom. The Labute approximate surface area is 165 Å². The van der Waals surface area contributed by atoms with Crippen molar-refractivity contribution in [1.82, 2.24) is 19.4 Å². The van der Waals surface area contributed by atoms with E-state index in [1.807, 2.05) is 40.1 Å². The van der Waals surface area contributed by atoms with Gasteiger partial charge in [0.1, 0.15) is 18.0 Å². The molecule has 0 bridgehead atoms. The number of piperazine rings is 1. The Hall–Kier alpha value is -3.36. The molecular weight excluding hydrogens is 383 g/mol. The van der Waals surface area contributed by atoms with Crippen molar-refractivity contribution >= 4 is 11.7 Å². The van der Waals surface area contributed by atoms with Crippen LogP contribution in [0.2, 0.25) is 0 Å². The van der Waals surface area contributed by atoms with Gasteiger partial charge in [-0.1, -0.05) is 12.1 Å². The van der Waals surface area contributed by atoms with Gasteiger partial charge >= 0.3 is 6.18 Å². The van der Waals surface area contributed by atoms with E-state index in [9.17, 15) is 18.0 Å². The SMILES string of the molecule is O=C(c1ccccc1C(F)(F)F)N1CCN(c2cc(-n3cccc3)ncn2)CC1. The lowest BCUT2D eigenvalue weighted by Gasteiger charge is -2.35. The topological polar surface area (TPSA) is 54.3 Å². The molecule has 0 spiro atoms. The van der Waals surface area contributed by atoms with Crippen LogP contribution in [-0.2, 0) is 6.18 Å². The maximum Gasteiger partial charge on any atom is 0.417 e. The molecule has 1 aromatic carbocycles. The number of halogens is 3. The van der Waals surface area contributed by atoms with Crippen LogP contribution in [0.3, 0.4) is 0 Å². The molecule has 0 radical (unpaired) electrons. The Bertz CT molecular complexity index is 995. The predicted molar refractivity (Wildman–Crippen MR) is 101 cm³/mol. The molecule has 0 atom stereocenters. The average Bonchev–Trinajstić information content (AvgIpc) is 3.28. The Morgan fingerprint density at radius 3 is 2.24 bits per heavy atom. The van der Waals surface area contributed by atoms with Crippen molar-refractivity contribution in [3.63, 3.8) is 0 Å². The maximum absolute atomic E-state index is 13.2. The van der Waals surface area contributed by atoms with Crippen LogP contribution in [0.5, 0.6) is 0 Å². The zero-order valence-electron chi connectivity index (χ0n) is 15.4. The normalized spacial score (nSPS) is 14.9. The van der Waals surface area contributed by atoms with E-state index in [4.69, 9.17) is 0 Å². The molecule has 0 unspecified atom stereocenters. The van der Waals surface area contributed by atoms with Gasteiger partial charge in [-0.2, -0.15) is 13.2 Å². The number of rotatable bonds is 3. The van der Waals surface area contributed by atoms with Gasteiger partial charge in [0.25, 0.3) is 5.91 Å². The summed E-state index contributed by atoms with van der Waals surface area (Å²) < 4.78 is 41.5. The van der Waals surface area contributed by atoms with Gasteiger partial charge in [0.15, 0.2) is 0 Å². The highest BCUT2D eigenvalue weighted by atomic mass is 19.4. The van der Waals surface area contributed by atoms with Crippen molar-refractivity contribution in [1.29, 1.82) is 0 Å². The first kappa shape index (κ1) is 19.0. The van der Waals surface area contributed by atoms with Crippen molar-refractivity contribution < 1.29 is 18.0 Å². The van der Waals surface area contributed by atoms with Gasteiger partial charge < -0.3 is 14.4 Å². The maximum atomic E-state index is 13.2. The zero-order chi connectivity index (χ0) is 20.4. The number of alkyl halides is 3. The van der Waals surface area contributed by atoms with Gasteiger partial charge in [0.05, 0.1) is 11.1 Å². The lowest BCUT2D eigenvalue weighted by atomic mass is 10.1. The van der Waals surface area contributed by atoms with E-state index in [0.29, 0.717) is 32.0 Å². The van der Waals surface area contributed by atoms with E-state index in [-0.39, 0.29) is 5.56 Å². The van der Waals surface area contributed by atoms with E-state index < -0.39 is 17.6 Å². The van der Waals surface area contributed by atoms with Gasteiger partial charge in [0, 0.05) is 44.6 Å². The number of carbonyl (C=O) groups excluding carboxylic acids is 1. The molecule has 4 rings (SSSR count). The fourth-order valence-electron chi connectivity index (χ4n) is 3.36. The molecule has 1 amide bonds. The van der Waals surface area contributed by atoms with Crippen LogP contribution in [0.15, 0.2) is 61.2 Å². The lowest BCUT2D eigenvalue weighted by Crippen LogP contribution is -2.49. The Balaban J connectivity index is 1.47. The molecule has 3 heterocycles. The van der Waals surface area contributed by atoms with Gasteiger partial charge in [-0.25, -0.2) is 9.97 Å². The van der Waals surface area contributed by atoms with Crippen LogP contribution in [0.25, 0.3) is 5.82 Å². The summed E-state index contributed by atoms with van der Waals surface area (Å²) in [7, 11) is 0. The molecule has 9 heteroatoms. The van der Waals surface area contributed by atoms with E-state index in [2.05, 4.69) is 9.97 Å². The minimum atomic E-state index is -4.57. The molecule has 0 N–H and O–H groups in total. The van der Waals surface area contributed by atoms with E-state index in [1.54, 1.807) is 0 Å². The first-order valence-electron chi connectivity index (χ1n) is 9.09. The zero-order valence-corrected chi connectivity index (χ0v) is 15.4. The third kappa shape index (κ3) is 3.94. The summed E-state index contributed by atoms with van der Waals surface area (Å²) in [5.74, 6) is 0.831. The Morgan fingerprint density at radius 1 is 0.897 bits per heavy atom. The largest absolute Gasteiger partial charge is 0.417 e. The second-order valence-electron chi connectivity index (χ2n) is 6.65. The minimum absolute atomic E-state index is 0.313. The van der Waals surface area contributed by atoms with Gasteiger partial charge in [-0.3, -0.25) is 4.79 Å². The lowest BCUT2D eigenvalue weighted by molar-refractivity contribution is -0.138. The van der Waals surface area contributed by atoms with E-state index in [0.717, 1.165) is 11.9 Å². The molecule has 2 aromatic heterocycles. The van der Waals surface area contributed by atoms with Crippen LogP contribution in [0.4, 0.5) is 19.0 Å². The predicted octanol–water partition coefficient (Wildman–Crippen LogP) is 3.25. The van der Waals surface area contributed by atoms with Crippen molar-refractivity contribution in [2.75, 3.05) is 31.1 Å². The molecule has 1 saturated heterocycles. The molecule has 29 heavy (non-hydrogen) atoms. The summed E-state index contributed by atoms with van der Waals surface area (Å²) in [5, 5.41) is 0. The van der Waals surface area contributed by atoms with Crippen LogP contribution in [-0.4, -0.2) is 51.5 Å². The second kappa shape index (κ2) is 7.57. The molecule has 0 saturated carbocycles. The van der Waals surface area contributed by atoms with Crippen LogP contribution < -0.4 is 4.90 Å². The highest BCUT2D eigenvalue weighted by Crippen LogP contribution is 2.32. The Kier molecular flexibility index (Phi) is 4.96. The first-order chi connectivity index (χ1) is 13.9. The van der Waals surface area contributed by atoms with Crippen LogP contribution in [0, 0.1) is 0 Å². The van der Waals surface area contributed by atoms with Crippen molar-refractivity contribution in [2.24, 2.45) is 0 Å². The second-order valence-corrected chi connectivity index (χ2v) is 6.65. The average molecular weight is 401 g/mol. The molecule has 150 valence electrons. The number of hydrogen-bond acceptors (Lipinski definition) is 4. The van der Waals surface area contributed by atoms with Gasteiger partial charge in [-0.15, -0.1) is 0 Å². The molecule has 1 fully saturated rings. The molecular formula is C20H18F3N5O. The van der Waals surface area contributed by atoms with Crippen LogP contribution in [0.1, 0.15) is 15.9 Å². The quantitative estimate of drug-likeness (QED) is 0.676. The summed E-state index contributed by atoms with van der Waals surface area (Å²) >= 11 is 0. The van der Waals surface area contributed by atoms with Crippen molar-refractivity contribution in [3.8, 4) is 5.82 Å². The summed E-state index contributed by atoms with van der Waals surface area (Å²) in [6.45, 7) is 1.58. The number of nitrogens with zero attached hydrogens (tertiary/aromatic N) is 5. The van der Waals surface area contributed by atoms with Gasteiger partial charge in [0.2, 0.25) is 0 Å². The van der Waals surface area contributed by atoms with E-state index in [1.165, 1.54) is 29.4 Å². The molecule has 1 aliphatic rings. The molecule has 0 aliphatic carbocycles. The van der Waals surface area contributed by atoms with Crippen molar-refractivity contribution in [2.45, 2.75) is 6.18 Å². The minimum Gasteiger partial charge on any atom is -0.353 e. The number of carbonyl (C=O) groups is 1. The number of benzene rings is 1. The number of anilines is 1. The van der Waals surface area contributed by atoms with Crippen molar-refractivity contribution in [3.05, 3.63) is 72.3 Å². The number of amides is 1. The summed E-state index contributed by atoms with van der Waals surface area (Å²) in [6, 6.07) is 10.5. The summed E-state index contributed by atoms with van der Waals surface area (Å²) in [5.41, 5.74) is -1.22. The highest BCUT2D eigenvalue weighted by molar-refractivity contribution is 5.96. The number of hydrogen-bond donors (Lipinski definition) is 0. The third-order valence-electron chi connectivity index (χ3n) is 4.86.